The molecule has 0 saturated carbocycles. The van der Waals surface area contributed by atoms with Crippen LogP contribution >= 0.6 is 0 Å². The first-order chi connectivity index (χ1) is 10.4. The normalized spacial score (nSPS) is 20.0. The van der Waals surface area contributed by atoms with Crippen molar-refractivity contribution >= 4 is 5.97 Å². The Kier molecular flexibility index (Phi) is 5.11. The number of carboxylic acids is 1. The van der Waals surface area contributed by atoms with E-state index in [2.05, 4.69) is 0 Å². The van der Waals surface area contributed by atoms with E-state index in [-0.39, 0.29) is 0 Å². The van der Waals surface area contributed by atoms with Gasteiger partial charge in [0.2, 0.25) is 0 Å². The molecule has 17 heteroatoms. The summed E-state index contributed by atoms with van der Waals surface area (Å²) in [4.78, 5) is 10.2. The summed E-state index contributed by atoms with van der Waals surface area (Å²) in [6.45, 7) is 0. The van der Waals surface area contributed by atoms with Crippen LogP contribution in [0.3, 0.4) is 0 Å². The molecule has 1 N–H and O–H groups in total. The Morgan fingerprint density at radius 2 is 0.800 bits per heavy atom. The highest BCUT2D eigenvalue weighted by atomic mass is 19.4. The number of rotatable bonds is 4. The Labute approximate surface area is 125 Å². The minimum atomic E-state index is -8.56. The molecule has 0 saturated heterocycles. The average Bonchev–Trinajstić information content (AvgIpc) is 2.31. The highest BCUT2D eigenvalue weighted by molar-refractivity contribution is 5.82. The molecule has 0 spiro atoms. The molecule has 0 aliphatic rings. The van der Waals surface area contributed by atoms with E-state index in [4.69, 9.17) is 5.11 Å². The van der Waals surface area contributed by atoms with E-state index in [0.717, 1.165) is 0 Å². The predicted octanol–water partition coefficient (Wildman–Crippen LogP) is 4.45. The fraction of sp³-hybridized carbons (Fsp3) is 0.875. The molecule has 150 valence electrons. The molecule has 0 heterocycles. The summed E-state index contributed by atoms with van der Waals surface area (Å²) in [6.07, 6.45) is -23.9. The molecule has 0 aromatic carbocycles. The second kappa shape index (κ2) is 5.46. The fourth-order valence-corrected chi connectivity index (χ4v) is 1.48. The van der Waals surface area contributed by atoms with E-state index in [1.165, 1.54) is 0 Å². The topological polar surface area (TPSA) is 37.3 Å². The standard InChI is InChI=1S/C8HF15O2/c9-2(1(24)25,4(11,12)7(18,19)20)3(10,6(15,16)17)5(13,14)8(21,22)23/h(H,24,25). The second-order valence-corrected chi connectivity index (χ2v) is 4.26. The van der Waals surface area contributed by atoms with Crippen molar-refractivity contribution in [1.82, 2.24) is 0 Å². The number of alkyl halides is 15. The Hall–Kier alpha value is -1.58. The van der Waals surface area contributed by atoms with Crippen molar-refractivity contribution in [2.24, 2.45) is 0 Å². The van der Waals surface area contributed by atoms with Crippen molar-refractivity contribution in [3.05, 3.63) is 0 Å². The highest BCUT2D eigenvalue weighted by Gasteiger charge is 2.98. The molecule has 0 fully saturated rings. The van der Waals surface area contributed by atoms with E-state index in [1.807, 2.05) is 0 Å². The lowest BCUT2D eigenvalue weighted by Crippen LogP contribution is -2.80. The number of hydrogen-bond acceptors (Lipinski definition) is 1. The molecule has 0 aromatic heterocycles. The maximum atomic E-state index is 13.6. The van der Waals surface area contributed by atoms with Gasteiger partial charge in [0.1, 0.15) is 0 Å². The maximum Gasteiger partial charge on any atom is 0.457 e. The van der Waals surface area contributed by atoms with Gasteiger partial charge in [-0.3, -0.25) is 0 Å². The summed E-state index contributed by atoms with van der Waals surface area (Å²) in [6, 6.07) is 0. The molecular weight excluding hydrogens is 413 g/mol. The summed E-state index contributed by atoms with van der Waals surface area (Å²) in [5, 5.41) is 7.86. The first-order valence-electron chi connectivity index (χ1n) is 5.01. The molecule has 2 nitrogen and oxygen atoms in total. The summed E-state index contributed by atoms with van der Waals surface area (Å²) >= 11 is 0. The lowest BCUT2D eigenvalue weighted by Gasteiger charge is -2.44. The molecule has 2 unspecified atom stereocenters. The molecule has 0 bridgehead atoms. The largest absolute Gasteiger partial charge is 0.479 e. The van der Waals surface area contributed by atoms with Gasteiger partial charge in [-0.05, 0) is 0 Å². The van der Waals surface area contributed by atoms with Crippen LogP contribution in [0, 0.1) is 0 Å². The quantitative estimate of drug-likeness (QED) is 0.691. The van der Waals surface area contributed by atoms with Crippen molar-refractivity contribution < 1.29 is 75.8 Å². The van der Waals surface area contributed by atoms with Crippen LogP contribution in [0.1, 0.15) is 0 Å². The first kappa shape index (κ1) is 23.4. The average molecular weight is 414 g/mol. The minimum Gasteiger partial charge on any atom is -0.479 e. The van der Waals surface area contributed by atoms with Gasteiger partial charge in [-0.2, -0.15) is 57.1 Å². The smallest absolute Gasteiger partial charge is 0.457 e. The molecule has 0 aromatic rings. The van der Waals surface area contributed by atoms with Crippen LogP contribution in [0.4, 0.5) is 65.9 Å². The van der Waals surface area contributed by atoms with Gasteiger partial charge >= 0.3 is 47.7 Å². The first-order valence-corrected chi connectivity index (χ1v) is 5.01. The lowest BCUT2D eigenvalue weighted by atomic mass is 9.75. The Balaban J connectivity index is 7.32. The van der Waals surface area contributed by atoms with Crippen LogP contribution in [0.2, 0.25) is 0 Å². The Bertz CT molecular complexity index is 527. The molecule has 0 aliphatic carbocycles. The second-order valence-electron chi connectivity index (χ2n) is 4.26. The summed E-state index contributed by atoms with van der Waals surface area (Å²) in [7, 11) is 0. The maximum absolute atomic E-state index is 13.6. The van der Waals surface area contributed by atoms with E-state index in [1.54, 1.807) is 0 Å². The SMILES string of the molecule is O=C(O)C(F)(C(F)(F)C(F)(F)F)C(F)(C(F)(F)F)C(F)(F)C(F)(F)F. The van der Waals surface area contributed by atoms with Gasteiger partial charge in [0.05, 0.1) is 0 Å². The highest BCUT2D eigenvalue weighted by Crippen LogP contribution is 2.64. The van der Waals surface area contributed by atoms with Crippen molar-refractivity contribution in [1.29, 1.82) is 0 Å². The van der Waals surface area contributed by atoms with Crippen LogP contribution in [0.5, 0.6) is 0 Å². The summed E-state index contributed by atoms with van der Waals surface area (Å²) in [5.41, 5.74) is -16.7. The fourth-order valence-electron chi connectivity index (χ4n) is 1.48. The molecule has 0 rings (SSSR count). The zero-order valence-corrected chi connectivity index (χ0v) is 10.5. The zero-order valence-electron chi connectivity index (χ0n) is 10.5. The zero-order chi connectivity index (χ0) is 21.1. The molecular formula is C8HF15O2. The lowest BCUT2D eigenvalue weighted by molar-refractivity contribution is -0.437. The summed E-state index contributed by atoms with van der Waals surface area (Å²) in [5.74, 6) is -21.4. The number of aliphatic carboxylic acids is 1. The third-order valence-electron chi connectivity index (χ3n) is 2.74. The van der Waals surface area contributed by atoms with Gasteiger partial charge in [0.25, 0.3) is 0 Å². The Morgan fingerprint density at radius 3 is 0.960 bits per heavy atom. The molecule has 0 aliphatic heterocycles. The van der Waals surface area contributed by atoms with E-state index in [0.29, 0.717) is 0 Å². The monoisotopic (exact) mass is 414 g/mol. The van der Waals surface area contributed by atoms with Crippen molar-refractivity contribution in [3.8, 4) is 0 Å². The third-order valence-corrected chi connectivity index (χ3v) is 2.74. The number of halogens is 15. The van der Waals surface area contributed by atoms with Gasteiger partial charge in [-0.1, -0.05) is 0 Å². The van der Waals surface area contributed by atoms with Crippen molar-refractivity contribution in [3.63, 3.8) is 0 Å². The molecule has 25 heavy (non-hydrogen) atoms. The van der Waals surface area contributed by atoms with Crippen LogP contribution in [-0.4, -0.2) is 52.8 Å². The van der Waals surface area contributed by atoms with Crippen LogP contribution in [0.15, 0.2) is 0 Å². The Morgan fingerprint density at radius 1 is 0.520 bits per heavy atom. The van der Waals surface area contributed by atoms with Crippen molar-refractivity contribution in [2.75, 3.05) is 0 Å². The van der Waals surface area contributed by atoms with Gasteiger partial charge < -0.3 is 5.11 Å². The number of hydrogen-bond donors (Lipinski definition) is 1. The van der Waals surface area contributed by atoms with E-state index in [9.17, 15) is 70.7 Å². The van der Waals surface area contributed by atoms with Gasteiger partial charge in [-0.25, -0.2) is 13.6 Å². The number of carboxylic acid groups (broad SMARTS) is 1. The van der Waals surface area contributed by atoms with Crippen LogP contribution in [-0.2, 0) is 4.79 Å². The van der Waals surface area contributed by atoms with Gasteiger partial charge in [0, 0.05) is 0 Å². The number of carbonyl (C=O) groups is 1. The van der Waals surface area contributed by atoms with Crippen LogP contribution in [0.25, 0.3) is 0 Å². The molecule has 0 amide bonds. The van der Waals surface area contributed by atoms with E-state index >= 15 is 0 Å². The summed E-state index contributed by atoms with van der Waals surface area (Å²) < 4.78 is 187. The molecule has 0 radical (unpaired) electrons. The van der Waals surface area contributed by atoms with Crippen molar-refractivity contribution in [2.45, 2.75) is 41.7 Å². The minimum absolute atomic E-state index is 4.90. The van der Waals surface area contributed by atoms with E-state index < -0.39 is 47.7 Å². The molecule has 2 atom stereocenters. The third kappa shape index (κ3) is 2.74. The van der Waals surface area contributed by atoms with Gasteiger partial charge in [0.15, 0.2) is 0 Å². The predicted molar refractivity (Wildman–Crippen MR) is 43.4 cm³/mol. The van der Waals surface area contributed by atoms with Gasteiger partial charge in [-0.15, -0.1) is 0 Å². The van der Waals surface area contributed by atoms with Crippen LogP contribution < -0.4 is 0 Å².